The molecule has 1 N–H and O–H groups in total. The molecule has 5 heteroatoms. The predicted octanol–water partition coefficient (Wildman–Crippen LogP) is 2.75. The number of nitrogens with zero attached hydrogens (tertiary/aromatic N) is 1. The number of aryl methyl sites for hydroxylation is 2. The lowest BCUT2D eigenvalue weighted by molar-refractivity contribution is 0.168. The first kappa shape index (κ1) is 17.6. The van der Waals surface area contributed by atoms with Crippen molar-refractivity contribution in [2.75, 3.05) is 33.4 Å². The highest BCUT2D eigenvalue weighted by molar-refractivity contribution is 5.74. The molecule has 0 radical (unpaired) electrons. The van der Waals surface area contributed by atoms with E-state index in [4.69, 9.17) is 9.47 Å². The third-order valence-corrected chi connectivity index (χ3v) is 4.16. The Balaban J connectivity index is 1.77. The summed E-state index contributed by atoms with van der Waals surface area (Å²) in [6, 6.07) is 5.97. The number of hydrogen-bond donors (Lipinski definition) is 1. The zero-order valence-electron chi connectivity index (χ0n) is 14.6. The van der Waals surface area contributed by atoms with E-state index in [1.54, 1.807) is 4.90 Å². The highest BCUT2D eigenvalue weighted by atomic mass is 16.5. The van der Waals surface area contributed by atoms with Gasteiger partial charge < -0.3 is 19.7 Å². The van der Waals surface area contributed by atoms with Crippen molar-refractivity contribution >= 4 is 6.03 Å². The maximum absolute atomic E-state index is 12.2. The molecule has 1 fully saturated rings. The molecule has 0 unspecified atom stereocenters. The Hall–Kier alpha value is -1.75. The first-order valence-electron chi connectivity index (χ1n) is 8.25. The number of carbonyl (C=O) groups excluding carboxylic acids is 1. The Labute approximate surface area is 139 Å². The fourth-order valence-electron chi connectivity index (χ4n) is 2.80. The molecule has 0 bridgehead atoms. The van der Waals surface area contributed by atoms with Crippen LogP contribution in [0.25, 0.3) is 0 Å². The summed E-state index contributed by atoms with van der Waals surface area (Å²) in [5.41, 5.74) is 2.23. The van der Waals surface area contributed by atoms with Gasteiger partial charge in [0, 0.05) is 26.1 Å². The van der Waals surface area contributed by atoms with Gasteiger partial charge in [0.2, 0.25) is 0 Å². The fraction of sp³-hybridized carbons (Fsp3) is 0.611. The summed E-state index contributed by atoms with van der Waals surface area (Å²) in [4.78, 5) is 13.9. The van der Waals surface area contributed by atoms with Gasteiger partial charge in [-0.05, 0) is 38.3 Å². The lowest BCUT2D eigenvalue weighted by atomic mass is 10.1. The van der Waals surface area contributed by atoms with E-state index in [1.807, 2.05) is 46.0 Å². The van der Waals surface area contributed by atoms with E-state index >= 15 is 0 Å². The number of rotatable bonds is 6. The van der Waals surface area contributed by atoms with Gasteiger partial charge in [-0.2, -0.15) is 0 Å². The minimum atomic E-state index is -0.0606. The van der Waals surface area contributed by atoms with E-state index in [0.29, 0.717) is 12.5 Å². The van der Waals surface area contributed by atoms with Crippen molar-refractivity contribution in [1.82, 2.24) is 10.2 Å². The maximum Gasteiger partial charge on any atom is 0.317 e. The average molecular weight is 320 g/mol. The monoisotopic (exact) mass is 320 g/mol. The Morgan fingerprint density at radius 2 is 2.13 bits per heavy atom. The molecule has 2 atom stereocenters. The van der Waals surface area contributed by atoms with Crippen molar-refractivity contribution in [2.24, 2.45) is 5.92 Å². The third kappa shape index (κ3) is 5.13. The number of hydrogen-bond acceptors (Lipinski definition) is 3. The zero-order valence-corrected chi connectivity index (χ0v) is 14.6. The van der Waals surface area contributed by atoms with Gasteiger partial charge in [-0.3, -0.25) is 0 Å². The predicted molar refractivity (Wildman–Crippen MR) is 91.0 cm³/mol. The smallest absolute Gasteiger partial charge is 0.317 e. The molecule has 2 amide bonds. The normalized spacial score (nSPS) is 18.5. The zero-order chi connectivity index (χ0) is 16.8. The molecular weight excluding hydrogens is 292 g/mol. The molecule has 0 aliphatic carbocycles. The standard InChI is InChI=1S/C18H28N2O3/c1-13-6-5-7-14(2)17(13)23-11-15(3)19-18(21)20(4)10-16-8-9-22-12-16/h5-7,15-16H,8-12H2,1-4H3,(H,19,21)/t15-,16-/m1/s1. The van der Waals surface area contributed by atoms with E-state index in [2.05, 4.69) is 5.32 Å². The van der Waals surface area contributed by atoms with Crippen molar-refractivity contribution in [2.45, 2.75) is 33.2 Å². The van der Waals surface area contributed by atoms with Crippen LogP contribution < -0.4 is 10.1 Å². The van der Waals surface area contributed by atoms with Crippen LogP contribution in [-0.2, 0) is 4.74 Å². The summed E-state index contributed by atoms with van der Waals surface area (Å²) < 4.78 is 11.2. The lowest BCUT2D eigenvalue weighted by Gasteiger charge is -2.24. The molecule has 1 aliphatic heterocycles. The number of nitrogens with one attached hydrogen (secondary N) is 1. The van der Waals surface area contributed by atoms with Gasteiger partial charge in [-0.1, -0.05) is 18.2 Å². The molecule has 128 valence electrons. The molecule has 5 nitrogen and oxygen atoms in total. The van der Waals surface area contributed by atoms with Crippen molar-refractivity contribution in [1.29, 1.82) is 0 Å². The molecule has 23 heavy (non-hydrogen) atoms. The van der Waals surface area contributed by atoms with Crippen LogP contribution in [0.4, 0.5) is 4.79 Å². The quantitative estimate of drug-likeness (QED) is 0.877. The summed E-state index contributed by atoms with van der Waals surface area (Å²) in [5.74, 6) is 1.36. The highest BCUT2D eigenvalue weighted by Gasteiger charge is 2.21. The van der Waals surface area contributed by atoms with Crippen molar-refractivity contribution in [3.8, 4) is 5.75 Å². The summed E-state index contributed by atoms with van der Waals surface area (Å²) in [6.45, 7) is 8.77. The Kier molecular flexibility index (Phi) is 6.28. The summed E-state index contributed by atoms with van der Waals surface area (Å²) in [6.07, 6.45) is 1.03. The molecule has 0 aromatic heterocycles. The molecule has 2 rings (SSSR count). The van der Waals surface area contributed by atoms with Crippen LogP contribution in [0.5, 0.6) is 5.75 Å². The molecule has 0 spiro atoms. The topological polar surface area (TPSA) is 50.8 Å². The molecular formula is C18H28N2O3. The maximum atomic E-state index is 12.2. The molecule has 1 aromatic rings. The highest BCUT2D eigenvalue weighted by Crippen LogP contribution is 2.22. The van der Waals surface area contributed by atoms with E-state index in [9.17, 15) is 4.79 Å². The Morgan fingerprint density at radius 1 is 1.43 bits per heavy atom. The molecule has 0 saturated carbocycles. The summed E-state index contributed by atoms with van der Waals surface area (Å²) in [5, 5.41) is 2.98. The summed E-state index contributed by atoms with van der Waals surface area (Å²) >= 11 is 0. The first-order valence-corrected chi connectivity index (χ1v) is 8.25. The van der Waals surface area contributed by atoms with Crippen LogP contribution in [0.15, 0.2) is 18.2 Å². The van der Waals surface area contributed by atoms with Crippen LogP contribution in [0, 0.1) is 19.8 Å². The molecule has 1 aromatic carbocycles. The number of carbonyl (C=O) groups is 1. The largest absolute Gasteiger partial charge is 0.491 e. The Morgan fingerprint density at radius 3 is 2.74 bits per heavy atom. The van der Waals surface area contributed by atoms with Gasteiger partial charge in [0.25, 0.3) is 0 Å². The van der Waals surface area contributed by atoms with Gasteiger partial charge >= 0.3 is 6.03 Å². The second-order valence-electron chi connectivity index (χ2n) is 6.49. The van der Waals surface area contributed by atoms with Crippen molar-refractivity contribution in [3.63, 3.8) is 0 Å². The number of amides is 2. The van der Waals surface area contributed by atoms with Crippen LogP contribution in [0.2, 0.25) is 0 Å². The van der Waals surface area contributed by atoms with E-state index < -0.39 is 0 Å². The van der Waals surface area contributed by atoms with Crippen molar-refractivity contribution in [3.05, 3.63) is 29.3 Å². The molecule has 1 saturated heterocycles. The number of urea groups is 1. The number of benzene rings is 1. The lowest BCUT2D eigenvalue weighted by Crippen LogP contribution is -2.45. The molecule has 1 aliphatic rings. The number of ether oxygens (including phenoxy) is 2. The van der Waals surface area contributed by atoms with Crippen LogP contribution in [0.1, 0.15) is 24.5 Å². The molecule has 1 heterocycles. The average Bonchev–Trinajstić information content (AvgIpc) is 2.99. The Bertz CT molecular complexity index is 507. The minimum absolute atomic E-state index is 0.0521. The van der Waals surface area contributed by atoms with Gasteiger partial charge in [0.05, 0.1) is 12.6 Å². The van der Waals surface area contributed by atoms with E-state index in [0.717, 1.165) is 43.1 Å². The second-order valence-corrected chi connectivity index (χ2v) is 6.49. The van der Waals surface area contributed by atoms with E-state index in [1.165, 1.54) is 0 Å². The summed E-state index contributed by atoms with van der Waals surface area (Å²) in [7, 11) is 1.83. The van der Waals surface area contributed by atoms with Gasteiger partial charge in [0.15, 0.2) is 0 Å². The number of para-hydroxylation sites is 1. The van der Waals surface area contributed by atoms with Gasteiger partial charge in [-0.15, -0.1) is 0 Å². The van der Waals surface area contributed by atoms with Crippen LogP contribution >= 0.6 is 0 Å². The first-order chi connectivity index (χ1) is 11.0. The minimum Gasteiger partial charge on any atom is -0.491 e. The third-order valence-electron chi connectivity index (χ3n) is 4.16. The van der Waals surface area contributed by atoms with Gasteiger partial charge in [0.1, 0.15) is 12.4 Å². The van der Waals surface area contributed by atoms with Crippen LogP contribution in [-0.4, -0.2) is 50.4 Å². The van der Waals surface area contributed by atoms with Crippen LogP contribution in [0.3, 0.4) is 0 Å². The van der Waals surface area contributed by atoms with E-state index in [-0.39, 0.29) is 12.1 Å². The second kappa shape index (κ2) is 8.20. The fourth-order valence-corrected chi connectivity index (χ4v) is 2.80. The SMILES string of the molecule is Cc1cccc(C)c1OC[C@@H](C)NC(=O)N(C)C[C@H]1CCOC1. The van der Waals surface area contributed by atoms with Gasteiger partial charge in [-0.25, -0.2) is 4.79 Å². The van der Waals surface area contributed by atoms with Crippen molar-refractivity contribution < 1.29 is 14.3 Å².